The fraction of sp³-hybridized carbons (Fsp3) is 0.686. The van der Waals surface area contributed by atoms with Gasteiger partial charge in [0.2, 0.25) is 0 Å². The molecule has 1 aromatic carbocycles. The number of hydrogen-bond donors (Lipinski definition) is 1. The molecule has 0 spiro atoms. The van der Waals surface area contributed by atoms with E-state index in [2.05, 4.69) is 12.2 Å². The Labute approximate surface area is 295 Å². The first-order chi connectivity index (χ1) is 24.6. The number of esters is 1. The lowest BCUT2D eigenvalue weighted by molar-refractivity contribution is -0.137. The fourth-order valence-corrected chi connectivity index (χ4v) is 4.08. The van der Waals surface area contributed by atoms with Gasteiger partial charge in [-0.3, -0.25) is 14.5 Å². The molecule has 0 bridgehead atoms. The van der Waals surface area contributed by atoms with E-state index in [-0.39, 0.29) is 37.5 Å². The quantitative estimate of drug-likeness (QED) is 0.0620. The van der Waals surface area contributed by atoms with Crippen LogP contribution in [-0.4, -0.2) is 161 Å². The zero-order valence-electron chi connectivity index (χ0n) is 29.5. The number of benzene rings is 1. The van der Waals surface area contributed by atoms with Crippen LogP contribution in [0.15, 0.2) is 36.4 Å². The SMILES string of the molecule is CCCCNc1ccc(C(=O)OCCOCCOCCOCCOCCOCCOCCOCCOCCOCCN2C(=O)C=CC2=O)cc1. The van der Waals surface area contributed by atoms with Crippen molar-refractivity contribution in [2.75, 3.05) is 144 Å². The maximum absolute atomic E-state index is 12.1. The molecule has 1 N–H and O–H groups in total. The Morgan fingerprint density at radius 2 is 0.900 bits per heavy atom. The van der Waals surface area contributed by atoms with Crippen LogP contribution in [0.5, 0.6) is 0 Å². The summed E-state index contributed by atoms with van der Waals surface area (Å²) in [4.78, 5) is 36.1. The molecular formula is C35H56N2O13. The van der Waals surface area contributed by atoms with E-state index in [0.29, 0.717) is 118 Å². The molecule has 2 rings (SSSR count). The van der Waals surface area contributed by atoms with Crippen molar-refractivity contribution in [1.29, 1.82) is 0 Å². The maximum Gasteiger partial charge on any atom is 0.338 e. The van der Waals surface area contributed by atoms with Gasteiger partial charge in [0.05, 0.1) is 131 Å². The standard InChI is InChI=1S/C35H56N2O13/c1-2-3-10-36-32-6-4-31(5-7-32)35(40)50-30-29-49-28-27-48-26-25-47-24-23-46-22-21-45-20-19-44-18-17-43-16-15-42-14-13-41-12-11-37-33(38)8-9-34(37)39/h4-9,36H,2-3,10-30H2,1H3. The Bertz CT molecular complexity index is 1020. The van der Waals surface area contributed by atoms with Crippen LogP contribution in [0.1, 0.15) is 30.1 Å². The first-order valence-electron chi connectivity index (χ1n) is 17.4. The normalized spacial score (nSPS) is 12.7. The first-order valence-corrected chi connectivity index (χ1v) is 17.4. The molecule has 0 saturated heterocycles. The van der Waals surface area contributed by atoms with Crippen LogP contribution in [0.3, 0.4) is 0 Å². The monoisotopic (exact) mass is 712 g/mol. The topological polar surface area (TPSA) is 159 Å². The average Bonchev–Trinajstić information content (AvgIpc) is 3.45. The average molecular weight is 713 g/mol. The molecule has 0 aliphatic carbocycles. The molecule has 1 aliphatic rings. The number of carbonyl (C=O) groups is 3. The number of nitrogens with one attached hydrogen (secondary N) is 1. The van der Waals surface area contributed by atoms with Gasteiger partial charge in [-0.1, -0.05) is 13.3 Å². The summed E-state index contributed by atoms with van der Waals surface area (Å²) in [6.07, 6.45) is 4.74. The zero-order valence-corrected chi connectivity index (χ0v) is 29.5. The predicted octanol–water partition coefficient (Wildman–Crippen LogP) is 2.13. The molecular weight excluding hydrogens is 656 g/mol. The predicted molar refractivity (Wildman–Crippen MR) is 183 cm³/mol. The van der Waals surface area contributed by atoms with Gasteiger partial charge in [-0.25, -0.2) is 4.79 Å². The molecule has 15 nitrogen and oxygen atoms in total. The summed E-state index contributed by atoms with van der Waals surface area (Å²) in [5.74, 6) is -0.988. The van der Waals surface area contributed by atoms with Crippen LogP contribution < -0.4 is 5.32 Å². The van der Waals surface area contributed by atoms with Crippen LogP contribution in [0.2, 0.25) is 0 Å². The van der Waals surface area contributed by atoms with E-state index in [1.165, 1.54) is 12.2 Å². The zero-order chi connectivity index (χ0) is 35.7. The molecule has 0 unspecified atom stereocenters. The Kier molecular flexibility index (Phi) is 26.6. The highest BCUT2D eigenvalue weighted by Gasteiger charge is 2.22. The van der Waals surface area contributed by atoms with Gasteiger partial charge in [-0.2, -0.15) is 0 Å². The van der Waals surface area contributed by atoms with Gasteiger partial charge >= 0.3 is 5.97 Å². The number of hydrogen-bond acceptors (Lipinski definition) is 14. The summed E-state index contributed by atoms with van der Waals surface area (Å²) in [6, 6.07) is 7.27. The number of ether oxygens (including phenoxy) is 10. The summed E-state index contributed by atoms with van der Waals surface area (Å²) < 4.78 is 54.2. The maximum atomic E-state index is 12.1. The van der Waals surface area contributed by atoms with Crippen molar-refractivity contribution < 1.29 is 61.8 Å². The molecule has 1 aliphatic heterocycles. The Morgan fingerprint density at radius 1 is 0.540 bits per heavy atom. The minimum Gasteiger partial charge on any atom is -0.460 e. The summed E-state index contributed by atoms with van der Waals surface area (Å²) in [6.45, 7) is 11.2. The van der Waals surface area contributed by atoms with Gasteiger partial charge in [0.25, 0.3) is 11.8 Å². The number of unbranched alkanes of at least 4 members (excludes halogenated alkanes) is 1. The van der Waals surface area contributed by atoms with Gasteiger partial charge in [-0.15, -0.1) is 0 Å². The van der Waals surface area contributed by atoms with Crippen LogP contribution in [0.25, 0.3) is 0 Å². The molecule has 0 saturated carbocycles. The number of carbonyl (C=O) groups excluding carboxylic acids is 3. The van der Waals surface area contributed by atoms with Gasteiger partial charge in [0.1, 0.15) is 6.61 Å². The molecule has 15 heteroatoms. The molecule has 0 fully saturated rings. The van der Waals surface area contributed by atoms with Gasteiger partial charge in [0, 0.05) is 24.4 Å². The number of amides is 2. The molecule has 1 heterocycles. The fourth-order valence-electron chi connectivity index (χ4n) is 4.08. The molecule has 1 aromatic rings. The van der Waals surface area contributed by atoms with E-state index in [9.17, 15) is 14.4 Å². The van der Waals surface area contributed by atoms with E-state index < -0.39 is 0 Å². The van der Waals surface area contributed by atoms with Crippen LogP contribution in [0.4, 0.5) is 5.69 Å². The molecule has 0 aromatic heterocycles. The van der Waals surface area contributed by atoms with Crippen molar-refractivity contribution in [3.05, 3.63) is 42.0 Å². The van der Waals surface area contributed by atoms with E-state index in [4.69, 9.17) is 47.4 Å². The van der Waals surface area contributed by atoms with Crippen molar-refractivity contribution in [3.63, 3.8) is 0 Å². The largest absolute Gasteiger partial charge is 0.460 e. The second-order valence-electron chi connectivity index (χ2n) is 10.7. The lowest BCUT2D eigenvalue weighted by atomic mass is 10.2. The van der Waals surface area contributed by atoms with Crippen LogP contribution in [0, 0.1) is 0 Å². The van der Waals surface area contributed by atoms with E-state index >= 15 is 0 Å². The lowest BCUT2D eigenvalue weighted by Gasteiger charge is -2.13. The number of imide groups is 1. The van der Waals surface area contributed by atoms with E-state index in [0.717, 1.165) is 30.0 Å². The second-order valence-corrected chi connectivity index (χ2v) is 10.7. The van der Waals surface area contributed by atoms with Crippen molar-refractivity contribution in [3.8, 4) is 0 Å². The summed E-state index contributed by atoms with van der Waals surface area (Å²) in [7, 11) is 0. The summed E-state index contributed by atoms with van der Waals surface area (Å²) >= 11 is 0. The minimum absolute atomic E-state index is 0.182. The Morgan fingerprint density at radius 3 is 1.28 bits per heavy atom. The smallest absolute Gasteiger partial charge is 0.338 e. The number of rotatable bonds is 35. The van der Waals surface area contributed by atoms with Crippen molar-refractivity contribution >= 4 is 23.5 Å². The Hall–Kier alpha value is -2.99. The third-order valence-electron chi connectivity index (χ3n) is 6.78. The van der Waals surface area contributed by atoms with Gasteiger partial charge < -0.3 is 52.7 Å². The highest BCUT2D eigenvalue weighted by molar-refractivity contribution is 6.12. The van der Waals surface area contributed by atoms with E-state index in [1.54, 1.807) is 12.1 Å². The van der Waals surface area contributed by atoms with E-state index in [1.807, 2.05) is 12.1 Å². The first kappa shape index (κ1) is 43.2. The van der Waals surface area contributed by atoms with Crippen LogP contribution in [-0.2, 0) is 57.0 Å². The van der Waals surface area contributed by atoms with Crippen molar-refractivity contribution in [2.24, 2.45) is 0 Å². The molecule has 284 valence electrons. The van der Waals surface area contributed by atoms with Crippen molar-refractivity contribution in [1.82, 2.24) is 4.90 Å². The minimum atomic E-state index is -0.368. The van der Waals surface area contributed by atoms with Gasteiger partial charge in [0.15, 0.2) is 0 Å². The van der Waals surface area contributed by atoms with Crippen molar-refractivity contribution in [2.45, 2.75) is 19.8 Å². The molecule has 2 amide bonds. The van der Waals surface area contributed by atoms with Gasteiger partial charge in [-0.05, 0) is 30.7 Å². The third kappa shape index (κ3) is 22.7. The highest BCUT2D eigenvalue weighted by atomic mass is 16.6. The molecule has 0 radical (unpaired) electrons. The Balaban J connectivity index is 1.19. The highest BCUT2D eigenvalue weighted by Crippen LogP contribution is 2.11. The second kappa shape index (κ2) is 30.8. The molecule has 0 atom stereocenters. The summed E-state index contributed by atoms with van der Waals surface area (Å²) in [5, 5.41) is 3.31. The summed E-state index contributed by atoms with van der Waals surface area (Å²) in [5.41, 5.74) is 1.50. The number of nitrogens with zero attached hydrogens (tertiary/aromatic N) is 1. The third-order valence-corrected chi connectivity index (χ3v) is 6.78. The van der Waals surface area contributed by atoms with Crippen LogP contribution >= 0.6 is 0 Å². The number of anilines is 1. The lowest BCUT2D eigenvalue weighted by Crippen LogP contribution is -2.33. The molecule has 50 heavy (non-hydrogen) atoms.